The fourth-order valence-corrected chi connectivity index (χ4v) is 3.38. The maximum absolute atomic E-state index is 13.1. The third kappa shape index (κ3) is 7.59. The summed E-state index contributed by atoms with van der Waals surface area (Å²) in [6.07, 6.45) is 1.80. The smallest absolute Gasteiger partial charge is 0.408 e. The number of fused-ring (bicyclic) bond motifs is 1. The molecule has 1 aromatic carbocycles. The van der Waals surface area contributed by atoms with Gasteiger partial charge in [0.2, 0.25) is 5.91 Å². The van der Waals surface area contributed by atoms with Gasteiger partial charge >= 0.3 is 12.1 Å². The number of aromatic amines is 1. The van der Waals surface area contributed by atoms with E-state index < -0.39 is 35.7 Å². The molecule has 0 spiro atoms. The predicted molar refractivity (Wildman–Crippen MR) is 123 cm³/mol. The summed E-state index contributed by atoms with van der Waals surface area (Å²) in [6, 6.07) is 6.01. The van der Waals surface area contributed by atoms with Crippen molar-refractivity contribution in [1.29, 1.82) is 0 Å². The van der Waals surface area contributed by atoms with Gasteiger partial charge in [-0.3, -0.25) is 4.79 Å². The minimum Gasteiger partial charge on any atom is -0.464 e. The average Bonchev–Trinajstić information content (AvgIpc) is 3.08. The quantitative estimate of drug-likeness (QED) is 0.510. The minimum atomic E-state index is -0.892. The Morgan fingerprint density at radius 1 is 1.06 bits per heavy atom. The number of aromatic nitrogens is 1. The zero-order chi connectivity index (χ0) is 23.9. The number of benzene rings is 1. The molecule has 0 aliphatic rings. The Morgan fingerprint density at radius 2 is 1.75 bits per heavy atom. The first-order valence-corrected chi connectivity index (χ1v) is 11.0. The lowest BCUT2D eigenvalue weighted by molar-refractivity contribution is -0.147. The molecule has 1 aromatic heterocycles. The van der Waals surface area contributed by atoms with Crippen molar-refractivity contribution in [3.05, 3.63) is 36.0 Å². The van der Waals surface area contributed by atoms with E-state index in [9.17, 15) is 14.4 Å². The topological polar surface area (TPSA) is 110 Å². The second-order valence-corrected chi connectivity index (χ2v) is 9.21. The van der Waals surface area contributed by atoms with Gasteiger partial charge in [-0.2, -0.15) is 0 Å². The molecule has 8 heteroatoms. The molecule has 0 fully saturated rings. The zero-order valence-electron chi connectivity index (χ0n) is 19.8. The number of hydrogen-bond donors (Lipinski definition) is 3. The fraction of sp³-hybridized carbons (Fsp3) is 0.542. The molecule has 1 heterocycles. The minimum absolute atomic E-state index is 0.135. The Hall–Kier alpha value is -3.03. The van der Waals surface area contributed by atoms with Gasteiger partial charge in [0, 0.05) is 23.5 Å². The molecule has 0 aliphatic heterocycles. The van der Waals surface area contributed by atoms with Gasteiger partial charge in [0.1, 0.15) is 17.7 Å². The highest BCUT2D eigenvalue weighted by Gasteiger charge is 2.30. The summed E-state index contributed by atoms with van der Waals surface area (Å²) in [5.41, 5.74) is 1.14. The molecule has 2 atom stereocenters. The van der Waals surface area contributed by atoms with Crippen molar-refractivity contribution in [3.8, 4) is 0 Å². The van der Waals surface area contributed by atoms with Crippen LogP contribution in [-0.2, 0) is 25.5 Å². The summed E-state index contributed by atoms with van der Waals surface area (Å²) in [6.45, 7) is 11.1. The van der Waals surface area contributed by atoms with Crippen LogP contribution in [0, 0.1) is 5.92 Å². The molecular weight excluding hydrogens is 410 g/mol. The van der Waals surface area contributed by atoms with Crippen LogP contribution in [0.4, 0.5) is 4.79 Å². The standard InChI is InChI=1S/C24H35N3O5/c1-7-31-22(29)20(13-16-14-25-18-11-9-8-10-17(16)18)26-21(28)19(12-15(2)3)27-23(30)32-24(4,5)6/h8-11,14-15,19-20,25H,7,12-13H2,1-6H3,(H,26,28)(H,27,30)/t19-,20-/m1/s1. The van der Waals surface area contributed by atoms with Crippen LogP contribution in [0.15, 0.2) is 30.5 Å². The zero-order valence-corrected chi connectivity index (χ0v) is 19.8. The molecule has 0 bridgehead atoms. The van der Waals surface area contributed by atoms with Gasteiger partial charge in [0.25, 0.3) is 0 Å². The summed E-state index contributed by atoms with van der Waals surface area (Å²) < 4.78 is 10.5. The van der Waals surface area contributed by atoms with E-state index in [1.165, 1.54) is 0 Å². The van der Waals surface area contributed by atoms with Crippen LogP contribution in [0.2, 0.25) is 0 Å². The monoisotopic (exact) mass is 445 g/mol. The first-order valence-electron chi connectivity index (χ1n) is 11.0. The van der Waals surface area contributed by atoms with Gasteiger partial charge < -0.3 is 25.1 Å². The summed E-state index contributed by atoms with van der Waals surface area (Å²) in [5.74, 6) is -0.843. The third-order valence-electron chi connectivity index (χ3n) is 4.70. The van der Waals surface area contributed by atoms with Crippen LogP contribution in [0.1, 0.15) is 53.5 Å². The fourth-order valence-electron chi connectivity index (χ4n) is 3.38. The number of carbonyl (C=O) groups excluding carboxylic acids is 3. The number of hydrogen-bond acceptors (Lipinski definition) is 5. The van der Waals surface area contributed by atoms with E-state index in [0.717, 1.165) is 16.5 Å². The van der Waals surface area contributed by atoms with Crippen LogP contribution in [0.3, 0.4) is 0 Å². The Labute approximate surface area is 189 Å². The van der Waals surface area contributed by atoms with E-state index in [2.05, 4.69) is 15.6 Å². The van der Waals surface area contributed by atoms with Gasteiger partial charge in [0.15, 0.2) is 0 Å². The highest BCUT2D eigenvalue weighted by Crippen LogP contribution is 2.20. The van der Waals surface area contributed by atoms with E-state index in [-0.39, 0.29) is 18.9 Å². The molecule has 0 radical (unpaired) electrons. The lowest BCUT2D eigenvalue weighted by atomic mass is 10.0. The molecule has 2 rings (SSSR count). The lowest BCUT2D eigenvalue weighted by Crippen LogP contribution is -2.53. The molecular formula is C24H35N3O5. The summed E-state index contributed by atoms with van der Waals surface area (Å²) in [7, 11) is 0. The number of ether oxygens (including phenoxy) is 2. The highest BCUT2D eigenvalue weighted by molar-refractivity contribution is 5.90. The van der Waals surface area contributed by atoms with Crippen molar-refractivity contribution in [2.75, 3.05) is 6.61 Å². The lowest BCUT2D eigenvalue weighted by Gasteiger charge is -2.25. The van der Waals surface area contributed by atoms with Crippen LogP contribution >= 0.6 is 0 Å². The van der Waals surface area contributed by atoms with Gasteiger partial charge in [-0.05, 0) is 51.7 Å². The molecule has 32 heavy (non-hydrogen) atoms. The van der Waals surface area contributed by atoms with E-state index in [1.54, 1.807) is 27.7 Å². The predicted octanol–water partition coefficient (Wildman–Crippen LogP) is 3.70. The van der Waals surface area contributed by atoms with Crippen LogP contribution < -0.4 is 10.6 Å². The molecule has 3 N–H and O–H groups in total. The number of amides is 2. The summed E-state index contributed by atoms with van der Waals surface area (Å²) in [5, 5.41) is 6.39. The number of carbonyl (C=O) groups is 3. The van der Waals surface area contributed by atoms with Crippen molar-refractivity contribution in [2.45, 2.75) is 72.1 Å². The van der Waals surface area contributed by atoms with Crippen LogP contribution in [0.25, 0.3) is 10.9 Å². The number of nitrogens with one attached hydrogen (secondary N) is 3. The molecule has 0 saturated heterocycles. The first kappa shape index (κ1) is 25.2. The van der Waals surface area contributed by atoms with Crippen LogP contribution in [-0.4, -0.2) is 47.2 Å². The van der Waals surface area contributed by atoms with Gasteiger partial charge in [0.05, 0.1) is 6.61 Å². The molecule has 2 aromatic rings. The van der Waals surface area contributed by atoms with E-state index in [0.29, 0.717) is 6.42 Å². The number of alkyl carbamates (subject to hydrolysis) is 1. The van der Waals surface area contributed by atoms with Crippen molar-refractivity contribution in [3.63, 3.8) is 0 Å². The molecule has 0 aliphatic carbocycles. The first-order chi connectivity index (χ1) is 15.0. The molecule has 8 nitrogen and oxygen atoms in total. The van der Waals surface area contributed by atoms with E-state index >= 15 is 0 Å². The van der Waals surface area contributed by atoms with Gasteiger partial charge in [-0.25, -0.2) is 9.59 Å². The Morgan fingerprint density at radius 3 is 2.38 bits per heavy atom. The van der Waals surface area contributed by atoms with Gasteiger partial charge in [-0.15, -0.1) is 0 Å². The second-order valence-electron chi connectivity index (χ2n) is 9.21. The van der Waals surface area contributed by atoms with E-state index in [4.69, 9.17) is 9.47 Å². The molecule has 0 saturated carbocycles. The maximum Gasteiger partial charge on any atom is 0.408 e. The number of para-hydroxylation sites is 1. The van der Waals surface area contributed by atoms with Crippen LogP contribution in [0.5, 0.6) is 0 Å². The number of esters is 1. The Kier molecular flexibility index (Phi) is 8.69. The normalized spacial score (nSPS) is 13.5. The maximum atomic E-state index is 13.1. The van der Waals surface area contributed by atoms with Crippen molar-refractivity contribution < 1.29 is 23.9 Å². The van der Waals surface area contributed by atoms with Crippen molar-refractivity contribution >= 4 is 28.9 Å². The SMILES string of the molecule is CCOC(=O)[C@@H](Cc1c[nH]c2ccccc12)NC(=O)[C@@H](CC(C)C)NC(=O)OC(C)(C)C. The summed E-state index contributed by atoms with van der Waals surface area (Å²) >= 11 is 0. The van der Waals surface area contributed by atoms with Gasteiger partial charge in [-0.1, -0.05) is 32.0 Å². The average molecular weight is 446 g/mol. The largest absolute Gasteiger partial charge is 0.464 e. The Balaban J connectivity index is 2.19. The Bertz CT molecular complexity index is 929. The second kappa shape index (κ2) is 11.0. The highest BCUT2D eigenvalue weighted by atomic mass is 16.6. The molecule has 176 valence electrons. The number of rotatable bonds is 9. The third-order valence-corrected chi connectivity index (χ3v) is 4.70. The van der Waals surface area contributed by atoms with E-state index in [1.807, 2.05) is 44.3 Å². The molecule has 0 unspecified atom stereocenters. The number of H-pyrrole nitrogens is 1. The summed E-state index contributed by atoms with van der Waals surface area (Å²) in [4.78, 5) is 41.2. The van der Waals surface area contributed by atoms with Crippen molar-refractivity contribution in [1.82, 2.24) is 15.6 Å². The van der Waals surface area contributed by atoms with Crippen molar-refractivity contribution in [2.24, 2.45) is 5.92 Å². The molecule has 2 amide bonds.